The van der Waals surface area contributed by atoms with Crippen LogP contribution in [-0.4, -0.2) is 23.3 Å². The molecule has 2 atom stereocenters. The number of hydrogen-bond donors (Lipinski definition) is 0. The molecule has 31 heavy (non-hydrogen) atoms. The second-order valence-electron chi connectivity index (χ2n) is 7.83. The number of halogens is 2. The van der Waals surface area contributed by atoms with Crippen molar-refractivity contribution in [1.82, 2.24) is 0 Å². The Morgan fingerprint density at radius 1 is 1.00 bits per heavy atom. The SMILES string of the molecule is CCCCCCCCSCC(=O)OC1c2ccccc2C(=O)C1c1ccc(Br)cc1Br. The minimum atomic E-state index is -0.594. The Kier molecular flexibility index (Phi) is 9.67. The Bertz CT molecular complexity index is 915. The molecule has 0 aromatic heterocycles. The molecule has 0 bridgehead atoms. The number of esters is 1. The molecule has 1 aliphatic rings. The van der Waals surface area contributed by atoms with Gasteiger partial charge in [0.1, 0.15) is 6.10 Å². The summed E-state index contributed by atoms with van der Waals surface area (Å²) in [6, 6.07) is 13.2. The lowest BCUT2D eigenvalue weighted by molar-refractivity contribution is -0.146. The lowest BCUT2D eigenvalue weighted by Gasteiger charge is -2.21. The number of benzene rings is 2. The van der Waals surface area contributed by atoms with Gasteiger partial charge in [-0.1, -0.05) is 101 Å². The molecule has 2 unspecified atom stereocenters. The van der Waals surface area contributed by atoms with Crippen LogP contribution in [0.4, 0.5) is 0 Å². The van der Waals surface area contributed by atoms with Crippen LogP contribution in [0.25, 0.3) is 0 Å². The predicted molar refractivity (Wildman–Crippen MR) is 135 cm³/mol. The van der Waals surface area contributed by atoms with Gasteiger partial charge in [-0.2, -0.15) is 11.8 Å². The number of thioether (sulfide) groups is 1. The number of unbranched alkanes of at least 4 members (excludes halogenated alkanes) is 5. The molecule has 0 amide bonds. The third-order valence-corrected chi connectivity index (χ3v) is 7.73. The van der Waals surface area contributed by atoms with Gasteiger partial charge < -0.3 is 4.74 Å². The smallest absolute Gasteiger partial charge is 0.316 e. The molecule has 0 saturated heterocycles. The number of ether oxygens (including phenoxy) is 1. The Balaban J connectivity index is 1.63. The average Bonchev–Trinajstić information content (AvgIpc) is 3.02. The Labute approximate surface area is 206 Å². The summed E-state index contributed by atoms with van der Waals surface area (Å²) in [5, 5.41) is 0. The molecule has 0 N–H and O–H groups in total. The first-order chi connectivity index (χ1) is 15.0. The standard InChI is InChI=1S/C25H28Br2O3S/c1-2-3-4-5-6-9-14-31-16-22(28)30-25-19-11-8-7-10-18(19)24(29)23(25)20-13-12-17(26)15-21(20)27/h7-8,10-13,15,23,25H,2-6,9,14,16H2,1H3. The van der Waals surface area contributed by atoms with Crippen molar-refractivity contribution in [3.63, 3.8) is 0 Å². The van der Waals surface area contributed by atoms with Gasteiger partial charge in [0.15, 0.2) is 5.78 Å². The fourth-order valence-corrected chi connectivity index (χ4v) is 6.04. The molecule has 0 spiro atoms. The van der Waals surface area contributed by atoms with E-state index in [1.807, 2.05) is 42.5 Å². The summed E-state index contributed by atoms with van der Waals surface area (Å²) in [6.07, 6.45) is 6.87. The van der Waals surface area contributed by atoms with Gasteiger partial charge in [0.2, 0.25) is 0 Å². The van der Waals surface area contributed by atoms with E-state index < -0.39 is 12.0 Å². The summed E-state index contributed by atoms with van der Waals surface area (Å²) in [7, 11) is 0. The molecule has 0 aliphatic heterocycles. The highest BCUT2D eigenvalue weighted by atomic mass is 79.9. The zero-order valence-corrected chi connectivity index (χ0v) is 21.7. The number of Topliss-reactive ketones (excluding diaryl/α,β-unsaturated/α-hetero) is 1. The van der Waals surface area contributed by atoms with Crippen LogP contribution in [0.2, 0.25) is 0 Å². The Morgan fingerprint density at radius 2 is 1.74 bits per heavy atom. The number of fused-ring (bicyclic) bond motifs is 1. The molecule has 0 fully saturated rings. The fraction of sp³-hybridized carbons (Fsp3) is 0.440. The van der Waals surface area contributed by atoms with E-state index in [-0.39, 0.29) is 11.8 Å². The summed E-state index contributed by atoms with van der Waals surface area (Å²) < 4.78 is 7.65. The van der Waals surface area contributed by atoms with E-state index in [1.165, 1.54) is 32.1 Å². The van der Waals surface area contributed by atoms with E-state index in [4.69, 9.17) is 4.74 Å². The maximum atomic E-state index is 13.2. The molecule has 0 saturated carbocycles. The average molecular weight is 568 g/mol. The van der Waals surface area contributed by atoms with E-state index in [2.05, 4.69) is 38.8 Å². The Hall–Kier alpha value is -1.11. The van der Waals surface area contributed by atoms with Crippen LogP contribution < -0.4 is 0 Å². The molecule has 6 heteroatoms. The van der Waals surface area contributed by atoms with Gasteiger partial charge in [-0.25, -0.2) is 0 Å². The number of ketones is 1. The van der Waals surface area contributed by atoms with E-state index >= 15 is 0 Å². The largest absolute Gasteiger partial charge is 0.456 e. The van der Waals surface area contributed by atoms with Crippen molar-refractivity contribution < 1.29 is 14.3 Å². The third kappa shape index (κ3) is 6.45. The summed E-state index contributed by atoms with van der Waals surface area (Å²) in [4.78, 5) is 25.8. The third-order valence-electron chi connectivity index (χ3n) is 5.54. The second kappa shape index (κ2) is 12.2. The lowest BCUT2D eigenvalue weighted by atomic mass is 9.93. The van der Waals surface area contributed by atoms with E-state index in [0.717, 1.165) is 32.2 Å². The topological polar surface area (TPSA) is 43.4 Å². The first-order valence-electron chi connectivity index (χ1n) is 10.9. The summed E-state index contributed by atoms with van der Waals surface area (Å²) in [5.41, 5.74) is 2.27. The van der Waals surface area contributed by atoms with Crippen molar-refractivity contribution in [2.75, 3.05) is 11.5 Å². The Morgan fingerprint density at radius 3 is 2.52 bits per heavy atom. The fourth-order valence-electron chi connectivity index (χ4n) is 3.96. The van der Waals surface area contributed by atoms with Gasteiger partial charge >= 0.3 is 5.97 Å². The molecule has 166 valence electrons. The normalized spacial score (nSPS) is 17.6. The van der Waals surface area contributed by atoms with E-state index in [0.29, 0.717) is 11.3 Å². The molecule has 3 rings (SSSR count). The van der Waals surface area contributed by atoms with Gasteiger partial charge in [0, 0.05) is 20.1 Å². The lowest BCUT2D eigenvalue weighted by Crippen LogP contribution is -2.19. The van der Waals surface area contributed by atoms with Crippen molar-refractivity contribution in [3.8, 4) is 0 Å². The first kappa shape index (κ1) is 24.5. The highest BCUT2D eigenvalue weighted by molar-refractivity contribution is 9.11. The highest BCUT2D eigenvalue weighted by Crippen LogP contribution is 2.47. The zero-order chi connectivity index (χ0) is 22.2. The maximum Gasteiger partial charge on any atom is 0.316 e. The predicted octanol–water partition coefficient (Wildman–Crippen LogP) is 7.87. The van der Waals surface area contributed by atoms with Gasteiger partial charge in [0.05, 0.1) is 11.7 Å². The molecule has 0 heterocycles. The molecular weight excluding hydrogens is 540 g/mol. The summed E-state index contributed by atoms with van der Waals surface area (Å²) >= 11 is 8.65. The van der Waals surface area contributed by atoms with Gasteiger partial charge in [-0.3, -0.25) is 9.59 Å². The number of hydrogen-bond acceptors (Lipinski definition) is 4. The van der Waals surface area contributed by atoms with Crippen LogP contribution >= 0.6 is 43.6 Å². The van der Waals surface area contributed by atoms with Crippen LogP contribution in [0.15, 0.2) is 51.4 Å². The van der Waals surface area contributed by atoms with Crippen molar-refractivity contribution in [3.05, 3.63) is 68.1 Å². The van der Waals surface area contributed by atoms with Crippen LogP contribution in [0.5, 0.6) is 0 Å². The monoisotopic (exact) mass is 566 g/mol. The molecular formula is C25H28Br2O3S. The minimum Gasteiger partial charge on any atom is -0.456 e. The van der Waals surface area contributed by atoms with Gasteiger partial charge in [-0.05, 0) is 29.9 Å². The van der Waals surface area contributed by atoms with Gasteiger partial charge in [-0.15, -0.1) is 0 Å². The van der Waals surface area contributed by atoms with Crippen molar-refractivity contribution in [2.45, 2.75) is 57.5 Å². The molecule has 0 radical (unpaired) electrons. The van der Waals surface area contributed by atoms with Crippen LogP contribution in [0, 0.1) is 0 Å². The molecule has 2 aromatic rings. The van der Waals surface area contributed by atoms with E-state index in [9.17, 15) is 9.59 Å². The number of rotatable bonds is 11. The highest BCUT2D eigenvalue weighted by Gasteiger charge is 2.43. The van der Waals surface area contributed by atoms with Crippen LogP contribution in [0.1, 0.15) is 79.0 Å². The van der Waals surface area contributed by atoms with Crippen molar-refractivity contribution in [2.24, 2.45) is 0 Å². The van der Waals surface area contributed by atoms with E-state index in [1.54, 1.807) is 11.8 Å². The minimum absolute atomic E-state index is 0.00356. The van der Waals surface area contributed by atoms with Crippen LogP contribution in [-0.2, 0) is 9.53 Å². The first-order valence-corrected chi connectivity index (χ1v) is 13.6. The quantitative estimate of drug-likeness (QED) is 0.205. The molecule has 3 nitrogen and oxygen atoms in total. The summed E-state index contributed by atoms with van der Waals surface area (Å²) in [6.45, 7) is 2.22. The number of carbonyl (C=O) groups is 2. The number of carbonyl (C=O) groups excluding carboxylic acids is 2. The summed E-state index contributed by atoms with van der Waals surface area (Å²) in [5.74, 6) is 0.478. The van der Waals surface area contributed by atoms with Crippen LogP contribution in [0.3, 0.4) is 0 Å². The van der Waals surface area contributed by atoms with Gasteiger partial charge in [0.25, 0.3) is 0 Å². The second-order valence-corrected chi connectivity index (χ2v) is 10.7. The molecule has 2 aromatic carbocycles. The maximum absolute atomic E-state index is 13.2. The van der Waals surface area contributed by atoms with Crippen molar-refractivity contribution >= 4 is 55.4 Å². The zero-order valence-electron chi connectivity index (χ0n) is 17.7. The molecule has 1 aliphatic carbocycles. The van der Waals surface area contributed by atoms with Crippen molar-refractivity contribution in [1.29, 1.82) is 0 Å².